The highest BCUT2D eigenvalue weighted by Crippen LogP contribution is 2.31. The molecule has 1 atom stereocenters. The van der Waals surface area contributed by atoms with Crippen molar-refractivity contribution in [1.82, 2.24) is 10.1 Å². The Labute approximate surface area is 101 Å². The van der Waals surface area contributed by atoms with Gasteiger partial charge in [-0.3, -0.25) is 0 Å². The molecule has 0 N–H and O–H groups in total. The fourth-order valence-electron chi connectivity index (χ4n) is 1.67. The van der Waals surface area contributed by atoms with Crippen molar-refractivity contribution in [3.63, 3.8) is 0 Å². The van der Waals surface area contributed by atoms with Gasteiger partial charge in [-0.1, -0.05) is 16.8 Å². The SMILES string of the molecule is Clc1ccc(-c2nc(C3CCOC3)no2)s1. The number of thiophene rings is 1. The predicted octanol–water partition coefficient (Wildman–Crippen LogP) is 2.96. The van der Waals surface area contributed by atoms with Crippen LogP contribution in [0.4, 0.5) is 0 Å². The number of aromatic nitrogens is 2. The summed E-state index contributed by atoms with van der Waals surface area (Å²) in [7, 11) is 0. The Bertz CT molecular complexity index is 490. The number of hydrogen-bond acceptors (Lipinski definition) is 5. The van der Waals surface area contributed by atoms with Crippen LogP contribution in [-0.2, 0) is 4.74 Å². The molecule has 3 rings (SSSR count). The molecule has 0 bridgehead atoms. The second kappa shape index (κ2) is 4.16. The van der Waals surface area contributed by atoms with E-state index < -0.39 is 0 Å². The van der Waals surface area contributed by atoms with Crippen molar-refractivity contribution in [2.75, 3.05) is 13.2 Å². The molecule has 0 aliphatic carbocycles. The zero-order valence-corrected chi connectivity index (χ0v) is 9.92. The lowest BCUT2D eigenvalue weighted by molar-refractivity contribution is 0.192. The molecule has 1 aliphatic heterocycles. The number of rotatable bonds is 2. The molecule has 0 aromatic carbocycles. The van der Waals surface area contributed by atoms with Crippen LogP contribution in [0.25, 0.3) is 10.8 Å². The molecule has 4 nitrogen and oxygen atoms in total. The zero-order chi connectivity index (χ0) is 11.0. The van der Waals surface area contributed by atoms with Crippen LogP contribution in [0.5, 0.6) is 0 Å². The van der Waals surface area contributed by atoms with Crippen LogP contribution in [0.15, 0.2) is 16.7 Å². The summed E-state index contributed by atoms with van der Waals surface area (Å²) in [6.07, 6.45) is 0.962. The van der Waals surface area contributed by atoms with Crippen molar-refractivity contribution in [1.29, 1.82) is 0 Å². The normalized spacial score (nSPS) is 20.4. The van der Waals surface area contributed by atoms with Crippen LogP contribution in [0.1, 0.15) is 18.2 Å². The minimum absolute atomic E-state index is 0.271. The summed E-state index contributed by atoms with van der Waals surface area (Å²) in [4.78, 5) is 5.28. The molecular weight excluding hydrogens is 248 g/mol. The molecule has 0 amide bonds. The Morgan fingerprint density at radius 3 is 3.06 bits per heavy atom. The summed E-state index contributed by atoms with van der Waals surface area (Å²) in [5.41, 5.74) is 0. The Hall–Kier alpha value is -0.910. The van der Waals surface area contributed by atoms with Gasteiger partial charge in [0.1, 0.15) is 0 Å². The molecular formula is C10H9ClN2O2S. The average Bonchev–Trinajstić information content (AvgIpc) is 2.97. The smallest absolute Gasteiger partial charge is 0.268 e. The summed E-state index contributed by atoms with van der Waals surface area (Å²) in [5.74, 6) is 1.55. The second-order valence-corrected chi connectivity index (χ2v) is 5.34. The van der Waals surface area contributed by atoms with E-state index in [1.165, 1.54) is 11.3 Å². The highest BCUT2D eigenvalue weighted by molar-refractivity contribution is 7.19. The van der Waals surface area contributed by atoms with E-state index in [1.54, 1.807) is 0 Å². The quantitative estimate of drug-likeness (QED) is 0.829. The Balaban J connectivity index is 1.87. The summed E-state index contributed by atoms with van der Waals surface area (Å²) in [6, 6.07) is 3.71. The lowest BCUT2D eigenvalue weighted by Gasteiger charge is -1.97. The molecule has 0 radical (unpaired) electrons. The molecule has 0 spiro atoms. The van der Waals surface area contributed by atoms with Gasteiger partial charge in [-0.05, 0) is 18.6 Å². The Morgan fingerprint density at radius 1 is 1.44 bits per heavy atom. The van der Waals surface area contributed by atoms with Gasteiger partial charge in [-0.2, -0.15) is 4.98 Å². The third kappa shape index (κ3) is 1.86. The van der Waals surface area contributed by atoms with Crippen LogP contribution in [-0.4, -0.2) is 23.4 Å². The monoisotopic (exact) mass is 256 g/mol. The molecule has 2 aromatic heterocycles. The topological polar surface area (TPSA) is 48.2 Å². The Morgan fingerprint density at radius 2 is 2.38 bits per heavy atom. The van der Waals surface area contributed by atoms with E-state index in [0.717, 1.165) is 28.1 Å². The molecule has 84 valence electrons. The molecule has 1 unspecified atom stereocenters. The number of ether oxygens (including phenoxy) is 1. The summed E-state index contributed by atoms with van der Waals surface area (Å²) < 4.78 is 11.2. The van der Waals surface area contributed by atoms with Gasteiger partial charge >= 0.3 is 0 Å². The van der Waals surface area contributed by atoms with E-state index in [0.29, 0.717) is 12.5 Å². The van der Waals surface area contributed by atoms with E-state index in [1.807, 2.05) is 12.1 Å². The van der Waals surface area contributed by atoms with Crippen LogP contribution in [0, 0.1) is 0 Å². The van der Waals surface area contributed by atoms with Crippen LogP contribution in [0.3, 0.4) is 0 Å². The molecule has 1 aliphatic rings. The number of halogens is 1. The van der Waals surface area contributed by atoms with Gasteiger partial charge in [-0.25, -0.2) is 0 Å². The van der Waals surface area contributed by atoms with Crippen molar-refractivity contribution in [3.05, 3.63) is 22.3 Å². The summed E-state index contributed by atoms with van der Waals surface area (Å²) in [6.45, 7) is 1.46. The van der Waals surface area contributed by atoms with E-state index >= 15 is 0 Å². The summed E-state index contributed by atoms with van der Waals surface area (Å²) >= 11 is 7.29. The standard InChI is InChI=1S/C10H9ClN2O2S/c11-8-2-1-7(16-8)10-12-9(13-15-10)6-3-4-14-5-6/h1-2,6H,3-5H2. The molecule has 1 saturated heterocycles. The maximum atomic E-state index is 5.85. The minimum Gasteiger partial charge on any atom is -0.381 e. The molecule has 0 saturated carbocycles. The minimum atomic E-state index is 0.271. The first kappa shape index (κ1) is 10.3. The second-order valence-electron chi connectivity index (χ2n) is 3.62. The highest BCUT2D eigenvalue weighted by Gasteiger charge is 2.23. The van der Waals surface area contributed by atoms with Crippen molar-refractivity contribution >= 4 is 22.9 Å². The van der Waals surface area contributed by atoms with Crippen molar-refractivity contribution < 1.29 is 9.26 Å². The van der Waals surface area contributed by atoms with E-state index in [4.69, 9.17) is 20.9 Å². The van der Waals surface area contributed by atoms with Crippen LogP contribution in [0.2, 0.25) is 4.34 Å². The molecule has 2 aromatic rings. The maximum absolute atomic E-state index is 5.85. The molecule has 1 fully saturated rings. The number of nitrogens with zero attached hydrogens (tertiary/aromatic N) is 2. The van der Waals surface area contributed by atoms with E-state index in [9.17, 15) is 0 Å². The van der Waals surface area contributed by atoms with Gasteiger partial charge in [0, 0.05) is 12.5 Å². The van der Waals surface area contributed by atoms with E-state index in [2.05, 4.69) is 10.1 Å². The highest BCUT2D eigenvalue weighted by atomic mass is 35.5. The number of hydrogen-bond donors (Lipinski definition) is 0. The van der Waals surface area contributed by atoms with Gasteiger partial charge < -0.3 is 9.26 Å². The lowest BCUT2D eigenvalue weighted by Crippen LogP contribution is -1.99. The van der Waals surface area contributed by atoms with Gasteiger partial charge in [0.25, 0.3) is 5.89 Å². The summed E-state index contributed by atoms with van der Waals surface area (Å²) in [5, 5.41) is 3.98. The van der Waals surface area contributed by atoms with Gasteiger partial charge in [0.15, 0.2) is 5.82 Å². The fourth-order valence-corrected chi connectivity index (χ4v) is 2.63. The van der Waals surface area contributed by atoms with Crippen molar-refractivity contribution in [2.24, 2.45) is 0 Å². The third-order valence-corrected chi connectivity index (χ3v) is 3.74. The molecule has 16 heavy (non-hydrogen) atoms. The average molecular weight is 257 g/mol. The Kier molecular flexibility index (Phi) is 2.67. The molecule has 6 heteroatoms. The van der Waals surface area contributed by atoms with Crippen LogP contribution >= 0.6 is 22.9 Å². The predicted molar refractivity (Wildman–Crippen MR) is 60.8 cm³/mol. The lowest BCUT2D eigenvalue weighted by atomic mass is 10.1. The van der Waals surface area contributed by atoms with Crippen molar-refractivity contribution in [3.8, 4) is 10.8 Å². The molecule has 3 heterocycles. The largest absolute Gasteiger partial charge is 0.381 e. The maximum Gasteiger partial charge on any atom is 0.268 e. The van der Waals surface area contributed by atoms with Crippen molar-refractivity contribution in [2.45, 2.75) is 12.3 Å². The zero-order valence-electron chi connectivity index (χ0n) is 8.35. The van der Waals surface area contributed by atoms with Gasteiger partial charge in [0.05, 0.1) is 15.8 Å². The first-order valence-corrected chi connectivity index (χ1v) is 6.19. The van der Waals surface area contributed by atoms with Gasteiger partial charge in [0.2, 0.25) is 0 Å². The van der Waals surface area contributed by atoms with Gasteiger partial charge in [-0.15, -0.1) is 11.3 Å². The third-order valence-electron chi connectivity index (χ3n) is 2.52. The van der Waals surface area contributed by atoms with E-state index in [-0.39, 0.29) is 5.92 Å². The first-order valence-electron chi connectivity index (χ1n) is 5.00. The fraction of sp³-hybridized carbons (Fsp3) is 0.400. The van der Waals surface area contributed by atoms with Crippen LogP contribution < -0.4 is 0 Å². The first-order chi connectivity index (χ1) is 7.83.